The first-order valence-electron chi connectivity index (χ1n) is 9.43. The molecule has 0 bridgehead atoms. The van der Waals surface area contributed by atoms with Gasteiger partial charge in [-0.05, 0) is 55.1 Å². The van der Waals surface area contributed by atoms with Gasteiger partial charge >= 0.3 is 0 Å². The van der Waals surface area contributed by atoms with Gasteiger partial charge in [0.15, 0.2) is 0 Å². The van der Waals surface area contributed by atoms with Gasteiger partial charge in [0.25, 0.3) is 5.91 Å². The number of piperidine rings is 1. The monoisotopic (exact) mass is 368 g/mol. The third-order valence-electron chi connectivity index (χ3n) is 5.02. The number of hydrogen-bond acceptors (Lipinski definition) is 4. The Morgan fingerprint density at radius 3 is 2.59 bits per heavy atom. The van der Waals surface area contributed by atoms with Crippen LogP contribution in [0.25, 0.3) is 0 Å². The summed E-state index contributed by atoms with van der Waals surface area (Å²) in [5.41, 5.74) is 2.49. The Hall–Kier alpha value is -2.53. The molecule has 5 nitrogen and oxygen atoms in total. The first kappa shape index (κ1) is 19.2. The zero-order chi connectivity index (χ0) is 19.2. The minimum atomic E-state index is -0.156. The van der Waals surface area contributed by atoms with Crippen molar-refractivity contribution in [1.29, 1.82) is 0 Å². The lowest BCUT2D eigenvalue weighted by Gasteiger charge is -2.30. The molecule has 1 aliphatic rings. The molecule has 0 saturated carbocycles. The lowest BCUT2D eigenvalue weighted by atomic mass is 9.99. The third kappa shape index (κ3) is 5.01. The molecule has 1 fully saturated rings. The standard InChI is InChI=1S/C22H28N2O3/c1-16-5-4-12-24(14-16)15-17-6-8-18(9-7-17)22(25)23-20-11-10-19(26-2)13-21(20)27-3/h6-11,13,16H,4-5,12,14-15H2,1-3H3,(H,23,25)/t16-/m1/s1. The Morgan fingerprint density at radius 1 is 1.15 bits per heavy atom. The van der Waals surface area contributed by atoms with Gasteiger partial charge in [-0.3, -0.25) is 9.69 Å². The van der Waals surface area contributed by atoms with Crippen LogP contribution in [0.1, 0.15) is 35.7 Å². The first-order chi connectivity index (χ1) is 13.1. The molecule has 1 heterocycles. The molecular weight excluding hydrogens is 340 g/mol. The van der Waals surface area contributed by atoms with Crippen molar-refractivity contribution in [2.45, 2.75) is 26.3 Å². The molecule has 1 N–H and O–H groups in total. The first-order valence-corrected chi connectivity index (χ1v) is 9.43. The second-order valence-electron chi connectivity index (χ2n) is 7.20. The fraction of sp³-hybridized carbons (Fsp3) is 0.409. The topological polar surface area (TPSA) is 50.8 Å². The zero-order valence-corrected chi connectivity index (χ0v) is 16.3. The van der Waals surface area contributed by atoms with Crippen molar-refractivity contribution in [3.05, 3.63) is 53.6 Å². The van der Waals surface area contributed by atoms with Crippen LogP contribution in [0.2, 0.25) is 0 Å². The highest BCUT2D eigenvalue weighted by atomic mass is 16.5. The van der Waals surface area contributed by atoms with Crippen molar-refractivity contribution in [3.8, 4) is 11.5 Å². The number of likely N-dealkylation sites (tertiary alicyclic amines) is 1. The predicted molar refractivity (Wildman–Crippen MR) is 108 cm³/mol. The SMILES string of the molecule is COc1ccc(NC(=O)c2ccc(CN3CCC[C@@H](C)C3)cc2)c(OC)c1. The Labute approximate surface area is 161 Å². The number of benzene rings is 2. The molecule has 1 atom stereocenters. The van der Waals surface area contributed by atoms with E-state index in [0.29, 0.717) is 22.7 Å². The number of rotatable bonds is 6. The van der Waals surface area contributed by atoms with E-state index < -0.39 is 0 Å². The molecule has 144 valence electrons. The summed E-state index contributed by atoms with van der Waals surface area (Å²) in [5.74, 6) is 1.86. The van der Waals surface area contributed by atoms with E-state index in [1.54, 1.807) is 32.4 Å². The Bertz CT molecular complexity index is 774. The number of carbonyl (C=O) groups is 1. The van der Waals surface area contributed by atoms with E-state index in [2.05, 4.69) is 17.1 Å². The summed E-state index contributed by atoms with van der Waals surface area (Å²) < 4.78 is 10.5. The number of methoxy groups -OCH3 is 2. The maximum atomic E-state index is 12.6. The van der Waals surface area contributed by atoms with Crippen LogP contribution in [0.4, 0.5) is 5.69 Å². The van der Waals surface area contributed by atoms with Crippen LogP contribution in [-0.2, 0) is 6.54 Å². The maximum Gasteiger partial charge on any atom is 0.255 e. The van der Waals surface area contributed by atoms with Crippen LogP contribution in [0, 0.1) is 5.92 Å². The number of nitrogens with one attached hydrogen (secondary N) is 1. The average molecular weight is 368 g/mol. The number of nitrogens with zero attached hydrogens (tertiary/aromatic N) is 1. The third-order valence-corrected chi connectivity index (χ3v) is 5.02. The fourth-order valence-electron chi connectivity index (χ4n) is 3.55. The van der Waals surface area contributed by atoms with Crippen molar-refractivity contribution >= 4 is 11.6 Å². The molecular formula is C22H28N2O3. The summed E-state index contributed by atoms with van der Waals surface area (Å²) in [6.07, 6.45) is 2.59. The van der Waals surface area contributed by atoms with E-state index in [-0.39, 0.29) is 5.91 Å². The number of carbonyl (C=O) groups excluding carboxylic acids is 1. The number of amides is 1. The van der Waals surface area contributed by atoms with Crippen LogP contribution in [0.15, 0.2) is 42.5 Å². The van der Waals surface area contributed by atoms with Crippen molar-refractivity contribution in [3.63, 3.8) is 0 Å². The van der Waals surface area contributed by atoms with E-state index in [1.807, 2.05) is 24.3 Å². The number of anilines is 1. The second kappa shape index (κ2) is 8.91. The van der Waals surface area contributed by atoms with Crippen LogP contribution in [0.5, 0.6) is 11.5 Å². The lowest BCUT2D eigenvalue weighted by Crippen LogP contribution is -2.33. The van der Waals surface area contributed by atoms with Gasteiger partial charge in [0.05, 0.1) is 19.9 Å². The quantitative estimate of drug-likeness (QED) is 0.831. The van der Waals surface area contributed by atoms with E-state index in [1.165, 1.54) is 18.4 Å². The predicted octanol–water partition coefficient (Wildman–Crippen LogP) is 4.19. The molecule has 3 rings (SSSR count). The van der Waals surface area contributed by atoms with E-state index in [9.17, 15) is 4.79 Å². The van der Waals surface area contributed by atoms with E-state index in [0.717, 1.165) is 25.6 Å². The van der Waals surface area contributed by atoms with Gasteiger partial charge in [-0.1, -0.05) is 19.1 Å². The molecule has 5 heteroatoms. The summed E-state index contributed by atoms with van der Waals surface area (Å²) in [5, 5.41) is 2.91. The van der Waals surface area contributed by atoms with Gasteiger partial charge in [-0.15, -0.1) is 0 Å². The van der Waals surface area contributed by atoms with E-state index in [4.69, 9.17) is 9.47 Å². The second-order valence-corrected chi connectivity index (χ2v) is 7.20. The minimum absolute atomic E-state index is 0.156. The Kier molecular flexibility index (Phi) is 6.35. The zero-order valence-electron chi connectivity index (χ0n) is 16.3. The Balaban J connectivity index is 1.64. The molecule has 0 radical (unpaired) electrons. The molecule has 1 amide bonds. The lowest BCUT2D eigenvalue weighted by molar-refractivity contribution is 0.102. The van der Waals surface area contributed by atoms with Crippen molar-refractivity contribution in [2.75, 3.05) is 32.6 Å². The largest absolute Gasteiger partial charge is 0.497 e. The highest BCUT2D eigenvalue weighted by Crippen LogP contribution is 2.29. The molecule has 27 heavy (non-hydrogen) atoms. The number of hydrogen-bond donors (Lipinski definition) is 1. The summed E-state index contributed by atoms with van der Waals surface area (Å²) in [6, 6.07) is 13.2. The van der Waals surface area contributed by atoms with Gasteiger partial charge in [-0.25, -0.2) is 0 Å². The fourth-order valence-corrected chi connectivity index (χ4v) is 3.55. The smallest absolute Gasteiger partial charge is 0.255 e. The van der Waals surface area contributed by atoms with Gasteiger partial charge in [0.1, 0.15) is 11.5 Å². The van der Waals surface area contributed by atoms with Crippen LogP contribution >= 0.6 is 0 Å². The molecule has 0 aliphatic carbocycles. The molecule has 1 saturated heterocycles. The maximum absolute atomic E-state index is 12.6. The van der Waals surface area contributed by atoms with Gasteiger partial charge < -0.3 is 14.8 Å². The van der Waals surface area contributed by atoms with Crippen LogP contribution in [-0.4, -0.2) is 38.1 Å². The van der Waals surface area contributed by atoms with Crippen molar-refractivity contribution < 1.29 is 14.3 Å². The summed E-state index contributed by atoms with van der Waals surface area (Å²) in [7, 11) is 3.17. The summed E-state index contributed by atoms with van der Waals surface area (Å²) >= 11 is 0. The van der Waals surface area contributed by atoms with Crippen LogP contribution in [0.3, 0.4) is 0 Å². The molecule has 0 aromatic heterocycles. The molecule has 0 spiro atoms. The van der Waals surface area contributed by atoms with E-state index >= 15 is 0 Å². The summed E-state index contributed by atoms with van der Waals surface area (Å²) in [4.78, 5) is 15.1. The molecule has 0 unspecified atom stereocenters. The minimum Gasteiger partial charge on any atom is -0.497 e. The highest BCUT2D eigenvalue weighted by Gasteiger charge is 2.16. The Morgan fingerprint density at radius 2 is 1.93 bits per heavy atom. The van der Waals surface area contributed by atoms with Gasteiger partial charge in [0.2, 0.25) is 0 Å². The average Bonchev–Trinajstić information content (AvgIpc) is 2.69. The normalized spacial score (nSPS) is 17.4. The summed E-state index contributed by atoms with van der Waals surface area (Å²) in [6.45, 7) is 5.56. The van der Waals surface area contributed by atoms with Crippen molar-refractivity contribution in [1.82, 2.24) is 4.90 Å². The molecule has 2 aromatic carbocycles. The number of ether oxygens (including phenoxy) is 2. The van der Waals surface area contributed by atoms with Crippen LogP contribution < -0.4 is 14.8 Å². The molecule has 1 aliphatic heterocycles. The van der Waals surface area contributed by atoms with Crippen molar-refractivity contribution in [2.24, 2.45) is 5.92 Å². The van der Waals surface area contributed by atoms with Gasteiger partial charge in [0, 0.05) is 24.7 Å². The van der Waals surface area contributed by atoms with Gasteiger partial charge in [-0.2, -0.15) is 0 Å². The highest BCUT2D eigenvalue weighted by molar-refractivity contribution is 6.05. The molecule has 2 aromatic rings.